The number of aromatic amines is 1. The predicted octanol–water partition coefficient (Wildman–Crippen LogP) is 3.20. The van der Waals surface area contributed by atoms with Crippen LogP contribution in [-0.4, -0.2) is 16.5 Å². The second kappa shape index (κ2) is 3.60. The summed E-state index contributed by atoms with van der Waals surface area (Å²) in [5.41, 5.74) is 6.15. The standard InChI is InChI=1S/C15H13N3/c1-2-14-11(3-6-16-14)9-10(1)12-4-7-17-15-13(12)5-8-18-15/h1-2,4-5,7-9,16H,3,6H2,(H,17,18). The van der Waals surface area contributed by atoms with Gasteiger partial charge in [-0.15, -0.1) is 0 Å². The summed E-state index contributed by atoms with van der Waals surface area (Å²) in [4.78, 5) is 7.49. The van der Waals surface area contributed by atoms with Gasteiger partial charge in [-0.25, -0.2) is 4.98 Å². The van der Waals surface area contributed by atoms with Crippen LogP contribution >= 0.6 is 0 Å². The zero-order valence-electron chi connectivity index (χ0n) is 9.90. The molecule has 0 bridgehead atoms. The Hall–Kier alpha value is -2.29. The van der Waals surface area contributed by atoms with Gasteiger partial charge in [0, 0.05) is 30.0 Å². The fourth-order valence-corrected chi connectivity index (χ4v) is 2.68. The number of nitrogens with zero attached hydrogens (tertiary/aromatic N) is 1. The van der Waals surface area contributed by atoms with Crippen LogP contribution in [0.1, 0.15) is 5.56 Å². The largest absolute Gasteiger partial charge is 0.384 e. The van der Waals surface area contributed by atoms with Gasteiger partial charge in [-0.05, 0) is 47.4 Å². The molecule has 2 N–H and O–H groups in total. The molecule has 0 saturated heterocycles. The first-order valence-electron chi connectivity index (χ1n) is 6.21. The van der Waals surface area contributed by atoms with Gasteiger partial charge in [0.05, 0.1) is 0 Å². The molecule has 0 atom stereocenters. The van der Waals surface area contributed by atoms with Gasteiger partial charge < -0.3 is 10.3 Å². The molecule has 0 radical (unpaired) electrons. The molecule has 3 aromatic rings. The van der Waals surface area contributed by atoms with E-state index in [9.17, 15) is 0 Å². The molecule has 3 nitrogen and oxygen atoms in total. The quantitative estimate of drug-likeness (QED) is 0.680. The van der Waals surface area contributed by atoms with E-state index in [1.165, 1.54) is 27.8 Å². The van der Waals surface area contributed by atoms with Crippen LogP contribution in [0.3, 0.4) is 0 Å². The second-order valence-electron chi connectivity index (χ2n) is 4.65. The van der Waals surface area contributed by atoms with Gasteiger partial charge in [0.1, 0.15) is 5.65 Å². The van der Waals surface area contributed by atoms with Gasteiger partial charge >= 0.3 is 0 Å². The first-order valence-corrected chi connectivity index (χ1v) is 6.21. The lowest BCUT2D eigenvalue weighted by Crippen LogP contribution is -1.90. The van der Waals surface area contributed by atoms with E-state index in [1.54, 1.807) is 0 Å². The number of anilines is 1. The molecule has 0 amide bonds. The SMILES string of the molecule is c1cc(-c2ccc3c(c2)CCN3)c2cc[nH]c2n1. The molecule has 0 saturated carbocycles. The fraction of sp³-hybridized carbons (Fsp3) is 0.133. The summed E-state index contributed by atoms with van der Waals surface area (Å²) in [7, 11) is 0. The Bertz CT molecular complexity index is 727. The highest BCUT2D eigenvalue weighted by molar-refractivity contribution is 5.93. The number of hydrogen-bond acceptors (Lipinski definition) is 2. The zero-order chi connectivity index (χ0) is 11.9. The van der Waals surface area contributed by atoms with Crippen molar-refractivity contribution in [2.75, 3.05) is 11.9 Å². The third-order valence-electron chi connectivity index (χ3n) is 3.59. The molecule has 0 unspecified atom stereocenters. The average molecular weight is 235 g/mol. The molecule has 0 spiro atoms. The molecule has 18 heavy (non-hydrogen) atoms. The summed E-state index contributed by atoms with van der Waals surface area (Å²) in [6.07, 6.45) is 4.92. The maximum atomic E-state index is 4.33. The predicted molar refractivity (Wildman–Crippen MR) is 73.7 cm³/mol. The summed E-state index contributed by atoms with van der Waals surface area (Å²) in [6, 6.07) is 10.8. The van der Waals surface area contributed by atoms with E-state index in [2.05, 4.69) is 45.6 Å². The number of fused-ring (bicyclic) bond motifs is 2. The van der Waals surface area contributed by atoms with Crippen LogP contribution in [0.15, 0.2) is 42.7 Å². The average Bonchev–Trinajstić information content (AvgIpc) is 3.05. The van der Waals surface area contributed by atoms with Crippen LogP contribution in [0.4, 0.5) is 5.69 Å². The lowest BCUT2D eigenvalue weighted by molar-refractivity contribution is 1.11. The third kappa shape index (κ3) is 1.34. The van der Waals surface area contributed by atoms with E-state index in [1.807, 2.05) is 12.4 Å². The summed E-state index contributed by atoms with van der Waals surface area (Å²) in [6.45, 7) is 1.05. The van der Waals surface area contributed by atoms with E-state index >= 15 is 0 Å². The van der Waals surface area contributed by atoms with Crippen LogP contribution in [0.5, 0.6) is 0 Å². The lowest BCUT2D eigenvalue weighted by Gasteiger charge is -2.06. The van der Waals surface area contributed by atoms with Gasteiger partial charge in [0.25, 0.3) is 0 Å². The Morgan fingerprint density at radius 1 is 1.11 bits per heavy atom. The maximum Gasteiger partial charge on any atom is 0.137 e. The molecule has 4 rings (SSSR count). The monoisotopic (exact) mass is 235 g/mol. The first kappa shape index (κ1) is 9.71. The zero-order valence-corrected chi connectivity index (χ0v) is 9.90. The number of H-pyrrole nitrogens is 1. The maximum absolute atomic E-state index is 4.33. The molecule has 88 valence electrons. The normalized spacial score (nSPS) is 13.6. The minimum absolute atomic E-state index is 0.950. The number of benzene rings is 1. The molecule has 3 heteroatoms. The van der Waals surface area contributed by atoms with Crippen molar-refractivity contribution in [1.82, 2.24) is 9.97 Å². The van der Waals surface area contributed by atoms with E-state index < -0.39 is 0 Å². The third-order valence-corrected chi connectivity index (χ3v) is 3.59. The molecular weight excluding hydrogens is 222 g/mol. The molecular formula is C15H13N3. The summed E-state index contributed by atoms with van der Waals surface area (Å²) in [5, 5.41) is 4.58. The smallest absolute Gasteiger partial charge is 0.137 e. The van der Waals surface area contributed by atoms with Crippen molar-refractivity contribution in [3.05, 3.63) is 48.3 Å². The van der Waals surface area contributed by atoms with Gasteiger partial charge in [0.15, 0.2) is 0 Å². The Balaban J connectivity index is 1.94. The van der Waals surface area contributed by atoms with Crippen molar-refractivity contribution in [2.45, 2.75) is 6.42 Å². The van der Waals surface area contributed by atoms with E-state index in [0.29, 0.717) is 0 Å². The highest BCUT2D eigenvalue weighted by Gasteiger charge is 2.12. The Morgan fingerprint density at radius 3 is 3.11 bits per heavy atom. The van der Waals surface area contributed by atoms with Crippen molar-refractivity contribution < 1.29 is 0 Å². The summed E-state index contributed by atoms with van der Waals surface area (Å²) >= 11 is 0. The number of rotatable bonds is 1. The topological polar surface area (TPSA) is 40.7 Å². The lowest BCUT2D eigenvalue weighted by atomic mass is 10.0. The molecule has 1 aromatic carbocycles. The van der Waals surface area contributed by atoms with Gasteiger partial charge in [-0.2, -0.15) is 0 Å². The first-order chi connectivity index (χ1) is 8.92. The molecule has 0 aliphatic carbocycles. The fourth-order valence-electron chi connectivity index (χ4n) is 2.68. The van der Waals surface area contributed by atoms with Crippen molar-refractivity contribution in [2.24, 2.45) is 0 Å². The van der Waals surface area contributed by atoms with Crippen LogP contribution in [0, 0.1) is 0 Å². The van der Waals surface area contributed by atoms with Crippen LogP contribution in [0.25, 0.3) is 22.2 Å². The van der Waals surface area contributed by atoms with Crippen molar-refractivity contribution in [3.63, 3.8) is 0 Å². The van der Waals surface area contributed by atoms with E-state index in [0.717, 1.165) is 18.6 Å². The molecule has 1 aliphatic rings. The molecule has 3 heterocycles. The van der Waals surface area contributed by atoms with E-state index in [-0.39, 0.29) is 0 Å². The van der Waals surface area contributed by atoms with Gasteiger partial charge in [-0.3, -0.25) is 0 Å². The number of aromatic nitrogens is 2. The summed E-state index contributed by atoms with van der Waals surface area (Å²) in [5.74, 6) is 0. The number of pyridine rings is 1. The second-order valence-corrected chi connectivity index (χ2v) is 4.65. The van der Waals surface area contributed by atoms with Crippen LogP contribution in [0.2, 0.25) is 0 Å². The van der Waals surface area contributed by atoms with Crippen LogP contribution < -0.4 is 5.32 Å². The van der Waals surface area contributed by atoms with Crippen molar-refractivity contribution in [1.29, 1.82) is 0 Å². The molecule has 2 aromatic heterocycles. The summed E-state index contributed by atoms with van der Waals surface area (Å²) < 4.78 is 0. The Labute approximate surface area is 105 Å². The van der Waals surface area contributed by atoms with Crippen molar-refractivity contribution >= 4 is 16.7 Å². The molecule has 0 fully saturated rings. The minimum Gasteiger partial charge on any atom is -0.384 e. The molecule has 1 aliphatic heterocycles. The highest BCUT2D eigenvalue weighted by atomic mass is 14.9. The van der Waals surface area contributed by atoms with E-state index in [4.69, 9.17) is 0 Å². The van der Waals surface area contributed by atoms with Crippen molar-refractivity contribution in [3.8, 4) is 11.1 Å². The van der Waals surface area contributed by atoms with Gasteiger partial charge in [0.2, 0.25) is 0 Å². The Morgan fingerprint density at radius 2 is 2.11 bits per heavy atom. The number of hydrogen-bond donors (Lipinski definition) is 2. The van der Waals surface area contributed by atoms with Gasteiger partial charge in [-0.1, -0.05) is 6.07 Å². The Kier molecular flexibility index (Phi) is 1.94. The highest BCUT2D eigenvalue weighted by Crippen LogP contribution is 2.31. The van der Waals surface area contributed by atoms with Crippen LogP contribution in [-0.2, 0) is 6.42 Å². The number of nitrogens with one attached hydrogen (secondary N) is 2. The minimum atomic E-state index is 0.950.